The smallest absolute Gasteiger partial charge is 0.335 e. The number of nitrogens with one attached hydrogen (secondary N) is 1. The van der Waals surface area contributed by atoms with Crippen molar-refractivity contribution in [2.75, 3.05) is 0 Å². The van der Waals surface area contributed by atoms with Gasteiger partial charge in [0, 0.05) is 5.56 Å². The van der Waals surface area contributed by atoms with Crippen molar-refractivity contribution in [1.29, 1.82) is 0 Å². The molecule has 1 aromatic heterocycles. The largest absolute Gasteiger partial charge is 0.478 e. The van der Waals surface area contributed by atoms with Crippen molar-refractivity contribution in [2.24, 2.45) is 0 Å². The summed E-state index contributed by atoms with van der Waals surface area (Å²) in [5.41, 5.74) is 2.48. The molecule has 0 unspecified atom stereocenters. The van der Waals surface area contributed by atoms with Gasteiger partial charge in [0.15, 0.2) is 0 Å². The first-order valence-electron chi connectivity index (χ1n) is 6.05. The fourth-order valence-electron chi connectivity index (χ4n) is 1.65. The zero-order chi connectivity index (χ0) is 14.6. The van der Waals surface area contributed by atoms with Gasteiger partial charge in [-0.2, -0.15) is 0 Å². The lowest BCUT2D eigenvalue weighted by Gasteiger charge is -2.04. The van der Waals surface area contributed by atoms with E-state index < -0.39 is 5.97 Å². The van der Waals surface area contributed by atoms with Crippen LogP contribution in [0, 0.1) is 13.8 Å². The van der Waals surface area contributed by atoms with Crippen LogP contribution in [0.5, 0.6) is 0 Å². The van der Waals surface area contributed by atoms with Gasteiger partial charge in [0.25, 0.3) is 0 Å². The highest BCUT2D eigenvalue weighted by Crippen LogP contribution is 2.29. The van der Waals surface area contributed by atoms with Gasteiger partial charge in [0.05, 0.1) is 5.56 Å². The van der Waals surface area contributed by atoms with Gasteiger partial charge in [-0.25, -0.2) is 9.78 Å². The summed E-state index contributed by atoms with van der Waals surface area (Å²) in [6.07, 6.45) is 0. The van der Waals surface area contributed by atoms with Crippen molar-refractivity contribution < 1.29 is 9.90 Å². The maximum atomic E-state index is 10.9. The number of H-pyrrole nitrogens is 1. The molecule has 102 valence electrons. The monoisotopic (exact) mass is 280 g/mol. The van der Waals surface area contributed by atoms with Crippen LogP contribution in [0.4, 0.5) is 0 Å². The molecule has 1 aromatic carbocycles. The Hall–Kier alpha value is -1.81. The van der Waals surface area contributed by atoms with E-state index in [0.29, 0.717) is 16.7 Å². The molecule has 1 heterocycles. The molecule has 0 spiro atoms. The van der Waals surface area contributed by atoms with Crippen LogP contribution in [0.25, 0.3) is 11.3 Å². The molecule has 0 saturated heterocycles. The predicted molar refractivity (Wildman–Crippen MR) is 76.8 cm³/mol. The van der Waals surface area contributed by atoms with Crippen LogP contribution in [-0.2, 0) is 0 Å². The van der Waals surface area contributed by atoms with E-state index in [1.165, 1.54) is 0 Å². The number of benzene rings is 1. The first-order chi connectivity index (χ1) is 8.99. The molecule has 0 aliphatic heterocycles. The Morgan fingerprint density at radius 3 is 2.42 bits per heavy atom. The third kappa shape index (κ3) is 3.35. The van der Waals surface area contributed by atoms with Crippen LogP contribution in [0.1, 0.15) is 35.6 Å². The van der Waals surface area contributed by atoms with Gasteiger partial charge in [-0.1, -0.05) is 31.5 Å². The number of aromatic nitrogens is 2. The highest BCUT2D eigenvalue weighted by atomic mass is 35.5. The molecule has 0 atom stereocenters. The average molecular weight is 281 g/mol. The molecule has 19 heavy (non-hydrogen) atoms. The first kappa shape index (κ1) is 15.2. The van der Waals surface area contributed by atoms with Gasteiger partial charge in [-0.3, -0.25) is 0 Å². The van der Waals surface area contributed by atoms with Gasteiger partial charge in [-0.15, -0.1) is 0 Å². The van der Waals surface area contributed by atoms with Crippen molar-refractivity contribution in [3.8, 4) is 11.3 Å². The van der Waals surface area contributed by atoms with E-state index in [1.807, 2.05) is 20.8 Å². The minimum Gasteiger partial charge on any atom is -0.478 e. The third-order valence-electron chi connectivity index (χ3n) is 2.52. The van der Waals surface area contributed by atoms with E-state index in [4.69, 9.17) is 16.7 Å². The van der Waals surface area contributed by atoms with E-state index in [9.17, 15) is 4.79 Å². The van der Waals surface area contributed by atoms with Crippen molar-refractivity contribution in [3.63, 3.8) is 0 Å². The van der Waals surface area contributed by atoms with E-state index in [0.717, 1.165) is 11.1 Å². The lowest BCUT2D eigenvalue weighted by atomic mass is 10.0. The van der Waals surface area contributed by atoms with Gasteiger partial charge in [0.2, 0.25) is 0 Å². The molecule has 0 radical (unpaired) electrons. The summed E-state index contributed by atoms with van der Waals surface area (Å²) in [4.78, 5) is 18.1. The van der Waals surface area contributed by atoms with Crippen LogP contribution >= 0.6 is 11.6 Å². The van der Waals surface area contributed by atoms with Crippen LogP contribution in [0.15, 0.2) is 18.2 Å². The number of hydrogen-bond acceptors (Lipinski definition) is 2. The van der Waals surface area contributed by atoms with Crippen LogP contribution in [-0.4, -0.2) is 21.0 Å². The highest BCUT2D eigenvalue weighted by Gasteiger charge is 2.13. The number of imidazole rings is 1. The van der Waals surface area contributed by atoms with E-state index in [2.05, 4.69) is 9.97 Å². The zero-order valence-corrected chi connectivity index (χ0v) is 12.2. The Morgan fingerprint density at radius 2 is 1.95 bits per heavy atom. The van der Waals surface area contributed by atoms with Crippen molar-refractivity contribution in [2.45, 2.75) is 27.7 Å². The Morgan fingerprint density at radius 1 is 1.32 bits per heavy atom. The summed E-state index contributed by atoms with van der Waals surface area (Å²) < 4.78 is 0. The molecule has 0 fully saturated rings. The summed E-state index contributed by atoms with van der Waals surface area (Å²) in [5, 5.41) is 9.38. The number of carboxylic acids is 1. The second-order valence-electron chi connectivity index (χ2n) is 3.82. The molecular formula is C14H17ClN2O2. The van der Waals surface area contributed by atoms with E-state index >= 15 is 0 Å². The van der Waals surface area contributed by atoms with E-state index in [1.54, 1.807) is 25.1 Å². The molecule has 2 N–H and O–H groups in total. The summed E-state index contributed by atoms with van der Waals surface area (Å²) in [7, 11) is 0. The van der Waals surface area contributed by atoms with Crippen LogP contribution in [0.2, 0.25) is 5.15 Å². The van der Waals surface area contributed by atoms with Gasteiger partial charge < -0.3 is 10.1 Å². The Labute approximate surface area is 117 Å². The molecule has 0 aliphatic carbocycles. The number of aromatic amines is 1. The molecule has 0 bridgehead atoms. The Bertz CT molecular complexity index is 591. The fraction of sp³-hybridized carbons (Fsp3) is 0.286. The summed E-state index contributed by atoms with van der Waals surface area (Å²) in [6, 6.07) is 4.90. The summed E-state index contributed by atoms with van der Waals surface area (Å²) in [6.45, 7) is 7.69. The number of halogens is 1. The Balaban J connectivity index is 0.000000861. The quantitative estimate of drug-likeness (QED) is 0.871. The number of rotatable bonds is 2. The lowest BCUT2D eigenvalue weighted by molar-refractivity contribution is 0.0697. The number of carbonyl (C=O) groups is 1. The Kier molecular flexibility index (Phi) is 5.12. The SMILES string of the molecule is CC.Cc1nc(-c2cc(C(=O)O)ccc2C)c(Cl)[nH]1. The number of aryl methyl sites for hydroxylation is 2. The maximum Gasteiger partial charge on any atom is 0.335 e. The standard InChI is InChI=1S/C12H11ClN2O2.C2H6/c1-6-3-4-8(12(16)17)5-9(6)10-11(13)15-7(2)14-10;1-2/h3-5H,1-2H3,(H,14,15)(H,16,17);1-2H3. The molecule has 0 amide bonds. The topological polar surface area (TPSA) is 66.0 Å². The van der Waals surface area contributed by atoms with Crippen molar-refractivity contribution >= 4 is 17.6 Å². The number of aromatic carboxylic acids is 1. The predicted octanol–water partition coefficient (Wildman–Crippen LogP) is 4.07. The molecule has 0 saturated carbocycles. The molecule has 2 aromatic rings. The zero-order valence-electron chi connectivity index (χ0n) is 11.4. The summed E-state index contributed by atoms with van der Waals surface area (Å²) in [5.74, 6) is -0.264. The summed E-state index contributed by atoms with van der Waals surface area (Å²) >= 11 is 6.02. The normalized spacial score (nSPS) is 9.74. The average Bonchev–Trinajstić information content (AvgIpc) is 2.71. The van der Waals surface area contributed by atoms with Gasteiger partial charge in [-0.05, 0) is 31.5 Å². The molecular weight excluding hydrogens is 264 g/mol. The van der Waals surface area contributed by atoms with Gasteiger partial charge in [0.1, 0.15) is 16.7 Å². The minimum atomic E-state index is -0.963. The molecule has 0 aliphatic rings. The van der Waals surface area contributed by atoms with E-state index in [-0.39, 0.29) is 5.56 Å². The highest BCUT2D eigenvalue weighted by molar-refractivity contribution is 6.32. The van der Waals surface area contributed by atoms with Crippen molar-refractivity contribution in [3.05, 3.63) is 40.3 Å². The second-order valence-corrected chi connectivity index (χ2v) is 4.20. The van der Waals surface area contributed by atoms with Crippen LogP contribution < -0.4 is 0 Å². The number of hydrogen-bond donors (Lipinski definition) is 2. The van der Waals surface area contributed by atoms with Crippen molar-refractivity contribution in [1.82, 2.24) is 9.97 Å². The minimum absolute atomic E-state index is 0.224. The molecule has 5 heteroatoms. The molecule has 2 rings (SSSR count). The number of nitrogens with zero attached hydrogens (tertiary/aromatic N) is 1. The van der Waals surface area contributed by atoms with Gasteiger partial charge >= 0.3 is 5.97 Å². The van der Waals surface area contributed by atoms with Crippen LogP contribution in [0.3, 0.4) is 0 Å². The first-order valence-corrected chi connectivity index (χ1v) is 6.43. The second kappa shape index (κ2) is 6.38. The fourth-order valence-corrected chi connectivity index (χ4v) is 1.93. The lowest BCUT2D eigenvalue weighted by Crippen LogP contribution is -1.97. The maximum absolute atomic E-state index is 10.9. The third-order valence-corrected chi connectivity index (χ3v) is 2.79. The number of carboxylic acid groups (broad SMARTS) is 1. The molecule has 4 nitrogen and oxygen atoms in total.